The summed E-state index contributed by atoms with van der Waals surface area (Å²) in [6, 6.07) is 11.5. The number of halogens is 1. The van der Waals surface area contributed by atoms with Crippen LogP contribution in [-0.4, -0.2) is 22.8 Å². The number of furan rings is 1. The van der Waals surface area contributed by atoms with Crippen molar-refractivity contribution in [3.05, 3.63) is 86.1 Å². The van der Waals surface area contributed by atoms with Gasteiger partial charge in [0.1, 0.15) is 17.1 Å². The van der Waals surface area contributed by atoms with E-state index in [4.69, 9.17) is 16.0 Å². The van der Waals surface area contributed by atoms with Crippen molar-refractivity contribution in [3.63, 3.8) is 0 Å². The minimum absolute atomic E-state index is 0.0587. The highest BCUT2D eigenvalue weighted by Gasteiger charge is 2.37. The van der Waals surface area contributed by atoms with Crippen molar-refractivity contribution in [2.75, 3.05) is 4.90 Å². The van der Waals surface area contributed by atoms with E-state index in [0.29, 0.717) is 21.9 Å². The number of urea groups is 1. The molecule has 2 heterocycles. The lowest BCUT2D eigenvalue weighted by Gasteiger charge is -2.26. The van der Waals surface area contributed by atoms with Crippen molar-refractivity contribution in [3.8, 4) is 11.3 Å². The first-order chi connectivity index (χ1) is 15.7. The van der Waals surface area contributed by atoms with Crippen LogP contribution in [0.5, 0.6) is 0 Å². The average Bonchev–Trinajstić information content (AvgIpc) is 3.22. The number of carbonyl (C=O) groups excluding carboxylic acids is 3. The smallest absolute Gasteiger partial charge is 0.335 e. The number of aryl methyl sites for hydroxylation is 2. The fourth-order valence-corrected chi connectivity index (χ4v) is 3.47. The Labute approximate surface area is 192 Å². The highest BCUT2D eigenvalue weighted by Crippen LogP contribution is 2.30. The van der Waals surface area contributed by atoms with Gasteiger partial charge in [-0.3, -0.25) is 25.0 Å². The molecule has 0 atom stereocenters. The third kappa shape index (κ3) is 4.13. The zero-order valence-corrected chi connectivity index (χ0v) is 18.2. The summed E-state index contributed by atoms with van der Waals surface area (Å²) in [5.74, 6) is -1.24. The van der Waals surface area contributed by atoms with Crippen LogP contribution < -0.4 is 10.2 Å². The van der Waals surface area contributed by atoms with Crippen LogP contribution in [0.25, 0.3) is 17.4 Å². The van der Waals surface area contributed by atoms with E-state index in [9.17, 15) is 24.5 Å². The Hall–Kier alpha value is -4.24. The number of hydrogen-bond acceptors (Lipinski definition) is 6. The summed E-state index contributed by atoms with van der Waals surface area (Å²) in [6.45, 7) is 3.40. The van der Waals surface area contributed by atoms with E-state index in [1.807, 2.05) is 0 Å². The number of nitro benzene ring substituents is 1. The van der Waals surface area contributed by atoms with Crippen LogP contribution in [0.3, 0.4) is 0 Å². The second-order valence-corrected chi connectivity index (χ2v) is 7.76. The van der Waals surface area contributed by atoms with Gasteiger partial charge in [-0.2, -0.15) is 0 Å². The number of amides is 4. The van der Waals surface area contributed by atoms with Gasteiger partial charge in [-0.25, -0.2) is 9.69 Å². The van der Waals surface area contributed by atoms with E-state index in [0.717, 1.165) is 10.5 Å². The molecule has 1 aliphatic heterocycles. The first-order valence-corrected chi connectivity index (χ1v) is 10.1. The SMILES string of the molecule is Cc1ccc(N2C(=O)NC(=O)/C(=C/c3ccc(-c4ccc(C)c([N+](=O)[O-])c4)o3)C2=O)cc1Cl. The normalized spacial score (nSPS) is 15.2. The minimum Gasteiger partial charge on any atom is -0.457 e. The number of nitro groups is 1. The number of rotatable bonds is 4. The van der Waals surface area contributed by atoms with Crippen LogP contribution >= 0.6 is 11.6 Å². The summed E-state index contributed by atoms with van der Waals surface area (Å²) < 4.78 is 5.69. The molecule has 4 rings (SSSR count). The van der Waals surface area contributed by atoms with E-state index < -0.39 is 22.8 Å². The van der Waals surface area contributed by atoms with Crippen molar-refractivity contribution < 1.29 is 23.7 Å². The highest BCUT2D eigenvalue weighted by atomic mass is 35.5. The number of nitrogens with zero attached hydrogens (tertiary/aromatic N) is 2. The maximum absolute atomic E-state index is 13.0. The Kier molecular flexibility index (Phi) is 5.57. The number of hydrogen-bond donors (Lipinski definition) is 1. The van der Waals surface area contributed by atoms with Crippen LogP contribution in [0.1, 0.15) is 16.9 Å². The minimum atomic E-state index is -0.894. The molecule has 1 aliphatic rings. The molecular weight excluding hydrogens is 450 g/mol. The van der Waals surface area contributed by atoms with Crippen molar-refractivity contribution in [2.45, 2.75) is 13.8 Å². The first-order valence-electron chi connectivity index (χ1n) is 9.68. The molecule has 0 saturated carbocycles. The molecule has 1 N–H and O–H groups in total. The molecular formula is C23H16ClN3O6. The molecule has 1 aromatic heterocycles. The quantitative estimate of drug-likeness (QED) is 0.256. The maximum Gasteiger partial charge on any atom is 0.335 e. The lowest BCUT2D eigenvalue weighted by atomic mass is 10.1. The van der Waals surface area contributed by atoms with Crippen molar-refractivity contribution >= 4 is 46.9 Å². The van der Waals surface area contributed by atoms with Crippen molar-refractivity contribution in [2.24, 2.45) is 0 Å². The van der Waals surface area contributed by atoms with E-state index >= 15 is 0 Å². The second kappa shape index (κ2) is 8.36. The summed E-state index contributed by atoms with van der Waals surface area (Å²) in [5.41, 5.74) is 1.55. The number of benzene rings is 2. The summed E-state index contributed by atoms with van der Waals surface area (Å²) >= 11 is 6.12. The molecule has 166 valence electrons. The Morgan fingerprint density at radius 2 is 1.76 bits per heavy atom. The molecule has 33 heavy (non-hydrogen) atoms. The molecule has 0 bridgehead atoms. The standard InChI is InChI=1S/C23H16ClN3O6/c1-12-4-6-15(10-18(12)24)26-22(29)17(21(28)25-23(26)30)11-16-7-8-20(33-16)14-5-3-13(2)19(9-14)27(31)32/h3-11H,1-2H3,(H,25,28,30)/b17-11-. The summed E-state index contributed by atoms with van der Waals surface area (Å²) in [6.07, 6.45) is 1.21. The van der Waals surface area contributed by atoms with E-state index in [1.54, 1.807) is 44.2 Å². The fourth-order valence-electron chi connectivity index (χ4n) is 3.30. The molecule has 4 amide bonds. The van der Waals surface area contributed by atoms with Gasteiger partial charge in [-0.15, -0.1) is 0 Å². The number of barbiturate groups is 1. The Morgan fingerprint density at radius 3 is 2.45 bits per heavy atom. The van der Waals surface area contributed by atoms with Gasteiger partial charge in [0, 0.05) is 22.2 Å². The molecule has 0 aliphatic carbocycles. The average molecular weight is 466 g/mol. The molecule has 0 spiro atoms. The molecule has 0 radical (unpaired) electrons. The second-order valence-electron chi connectivity index (χ2n) is 7.35. The molecule has 1 saturated heterocycles. The highest BCUT2D eigenvalue weighted by molar-refractivity contribution is 6.39. The van der Waals surface area contributed by atoms with Gasteiger partial charge < -0.3 is 4.42 Å². The lowest BCUT2D eigenvalue weighted by molar-refractivity contribution is -0.385. The van der Waals surface area contributed by atoms with Gasteiger partial charge in [0.15, 0.2) is 0 Å². The van der Waals surface area contributed by atoms with Gasteiger partial charge >= 0.3 is 6.03 Å². The Balaban J connectivity index is 1.68. The first kappa shape index (κ1) is 22.0. The van der Waals surface area contributed by atoms with Gasteiger partial charge in [-0.1, -0.05) is 29.8 Å². The van der Waals surface area contributed by atoms with Crippen molar-refractivity contribution in [1.29, 1.82) is 0 Å². The van der Waals surface area contributed by atoms with Gasteiger partial charge in [0.2, 0.25) is 0 Å². The molecule has 2 aromatic carbocycles. The van der Waals surface area contributed by atoms with Crippen LogP contribution in [0, 0.1) is 24.0 Å². The lowest BCUT2D eigenvalue weighted by Crippen LogP contribution is -2.54. The third-order valence-electron chi connectivity index (χ3n) is 5.12. The third-order valence-corrected chi connectivity index (χ3v) is 5.53. The van der Waals surface area contributed by atoms with E-state index in [1.165, 1.54) is 24.3 Å². The predicted octanol–water partition coefficient (Wildman–Crippen LogP) is 4.79. The topological polar surface area (TPSA) is 123 Å². The van der Waals surface area contributed by atoms with Gasteiger partial charge in [0.05, 0.1) is 10.6 Å². The van der Waals surface area contributed by atoms with Crippen molar-refractivity contribution in [1.82, 2.24) is 5.32 Å². The molecule has 10 heteroatoms. The summed E-state index contributed by atoms with van der Waals surface area (Å²) in [5, 5.41) is 13.7. The monoisotopic (exact) mass is 465 g/mol. The fraction of sp³-hybridized carbons (Fsp3) is 0.0870. The molecule has 3 aromatic rings. The maximum atomic E-state index is 13.0. The largest absolute Gasteiger partial charge is 0.457 e. The molecule has 1 fully saturated rings. The van der Waals surface area contributed by atoms with Crippen LogP contribution in [0.2, 0.25) is 5.02 Å². The van der Waals surface area contributed by atoms with Crippen LogP contribution in [0.15, 0.2) is 58.5 Å². The van der Waals surface area contributed by atoms with Gasteiger partial charge in [0.25, 0.3) is 17.5 Å². The van der Waals surface area contributed by atoms with E-state index in [-0.39, 0.29) is 22.7 Å². The zero-order chi connectivity index (χ0) is 23.9. The molecule has 9 nitrogen and oxygen atoms in total. The summed E-state index contributed by atoms with van der Waals surface area (Å²) in [7, 11) is 0. The van der Waals surface area contributed by atoms with Crippen LogP contribution in [0.4, 0.5) is 16.2 Å². The zero-order valence-electron chi connectivity index (χ0n) is 17.4. The predicted molar refractivity (Wildman–Crippen MR) is 121 cm³/mol. The Morgan fingerprint density at radius 1 is 1.03 bits per heavy atom. The number of nitrogens with one attached hydrogen (secondary N) is 1. The summed E-state index contributed by atoms with van der Waals surface area (Å²) in [4.78, 5) is 49.2. The Bertz CT molecular complexity index is 1370. The van der Waals surface area contributed by atoms with E-state index in [2.05, 4.69) is 5.32 Å². The number of imide groups is 2. The van der Waals surface area contributed by atoms with Crippen LogP contribution in [-0.2, 0) is 9.59 Å². The number of carbonyl (C=O) groups is 3. The molecule has 0 unspecified atom stereocenters. The van der Waals surface area contributed by atoms with Gasteiger partial charge in [-0.05, 0) is 49.8 Å². The number of anilines is 1.